The van der Waals surface area contributed by atoms with Crippen molar-refractivity contribution in [1.82, 2.24) is 0 Å². The summed E-state index contributed by atoms with van der Waals surface area (Å²) in [6, 6.07) is 12.9. The first-order valence-electron chi connectivity index (χ1n) is 10.8. The van der Waals surface area contributed by atoms with Crippen LogP contribution in [0.2, 0.25) is 0 Å². The molecule has 2 fully saturated rings. The topological polar surface area (TPSA) is 49.7 Å². The minimum absolute atomic E-state index is 0.143. The Kier molecular flexibility index (Phi) is 4.67. The fourth-order valence-corrected chi connectivity index (χ4v) is 6.38. The third-order valence-electron chi connectivity index (χ3n) is 7.99. The summed E-state index contributed by atoms with van der Waals surface area (Å²) < 4.78 is 19.0. The molecule has 0 aliphatic heterocycles. The van der Waals surface area contributed by atoms with E-state index in [1.54, 1.807) is 12.1 Å². The number of aliphatic hydroxyl groups excluding tert-OH is 2. The Labute approximate surface area is 171 Å². The largest absolute Gasteiger partial charge is 0.489 e. The first-order chi connectivity index (χ1) is 14.0. The van der Waals surface area contributed by atoms with Crippen molar-refractivity contribution in [3.8, 4) is 5.75 Å². The summed E-state index contributed by atoms with van der Waals surface area (Å²) in [5, 5.41) is 20.9. The minimum atomic E-state index is -0.586. The van der Waals surface area contributed by atoms with E-state index in [-0.39, 0.29) is 11.2 Å². The van der Waals surface area contributed by atoms with Gasteiger partial charge in [0.2, 0.25) is 0 Å². The summed E-state index contributed by atoms with van der Waals surface area (Å²) in [5.41, 5.74) is 3.60. The molecule has 2 aromatic carbocycles. The maximum Gasteiger partial charge on any atom is 0.123 e. The lowest BCUT2D eigenvalue weighted by Gasteiger charge is -2.49. The zero-order valence-corrected chi connectivity index (χ0v) is 16.9. The lowest BCUT2D eigenvalue weighted by molar-refractivity contribution is -0.0505. The summed E-state index contributed by atoms with van der Waals surface area (Å²) in [5.74, 6) is 2.08. The molecule has 2 N–H and O–H groups in total. The van der Waals surface area contributed by atoms with Gasteiger partial charge in [-0.1, -0.05) is 25.1 Å². The first-order valence-corrected chi connectivity index (χ1v) is 10.8. The predicted octanol–water partition coefficient (Wildman–Crippen LogP) is 4.59. The molecule has 154 valence electrons. The molecule has 0 bridgehead atoms. The van der Waals surface area contributed by atoms with Crippen LogP contribution >= 0.6 is 0 Å². The number of rotatable bonds is 3. The molecule has 0 spiro atoms. The maximum absolute atomic E-state index is 13.1. The average Bonchev–Trinajstić information content (AvgIpc) is 2.97. The van der Waals surface area contributed by atoms with Gasteiger partial charge < -0.3 is 14.9 Å². The van der Waals surface area contributed by atoms with Crippen LogP contribution in [0.15, 0.2) is 42.5 Å². The van der Waals surface area contributed by atoms with E-state index in [9.17, 15) is 14.6 Å². The summed E-state index contributed by atoms with van der Waals surface area (Å²) in [4.78, 5) is 0. The molecule has 2 aromatic rings. The van der Waals surface area contributed by atoms with Gasteiger partial charge in [0.1, 0.15) is 18.2 Å². The van der Waals surface area contributed by atoms with Crippen LogP contribution in [0, 0.1) is 23.1 Å². The summed E-state index contributed by atoms with van der Waals surface area (Å²) in [6.45, 7) is 2.61. The van der Waals surface area contributed by atoms with Crippen molar-refractivity contribution in [1.29, 1.82) is 0 Å². The zero-order valence-electron chi connectivity index (χ0n) is 16.9. The van der Waals surface area contributed by atoms with E-state index < -0.39 is 12.2 Å². The lowest BCUT2D eigenvalue weighted by atomic mass is 9.55. The second-order valence-corrected chi connectivity index (χ2v) is 9.48. The molecule has 29 heavy (non-hydrogen) atoms. The van der Waals surface area contributed by atoms with Gasteiger partial charge in [0.25, 0.3) is 0 Å². The van der Waals surface area contributed by atoms with Crippen molar-refractivity contribution in [2.45, 2.75) is 63.8 Å². The molecule has 6 atom stereocenters. The van der Waals surface area contributed by atoms with Crippen molar-refractivity contribution in [2.75, 3.05) is 0 Å². The molecule has 0 radical (unpaired) electrons. The van der Waals surface area contributed by atoms with Crippen LogP contribution in [-0.2, 0) is 13.0 Å². The Balaban J connectivity index is 1.33. The third kappa shape index (κ3) is 3.17. The lowest BCUT2D eigenvalue weighted by Crippen LogP contribution is -2.44. The summed E-state index contributed by atoms with van der Waals surface area (Å²) in [6.07, 6.45) is 3.74. The molecule has 4 heteroatoms. The molecule has 3 nitrogen and oxygen atoms in total. The smallest absolute Gasteiger partial charge is 0.123 e. The number of hydrogen-bond donors (Lipinski definition) is 2. The Hall–Kier alpha value is -1.91. The van der Waals surface area contributed by atoms with Crippen LogP contribution in [0.4, 0.5) is 4.39 Å². The van der Waals surface area contributed by atoms with E-state index in [2.05, 4.69) is 25.1 Å². The highest BCUT2D eigenvalue weighted by Crippen LogP contribution is 2.60. The van der Waals surface area contributed by atoms with Crippen molar-refractivity contribution >= 4 is 0 Å². The molecular formula is C25H29FO3. The van der Waals surface area contributed by atoms with Gasteiger partial charge in [-0.05, 0) is 96.2 Å². The number of fused-ring (bicyclic) bond motifs is 5. The average molecular weight is 397 g/mol. The zero-order chi connectivity index (χ0) is 20.2. The highest BCUT2D eigenvalue weighted by atomic mass is 19.1. The quantitative estimate of drug-likeness (QED) is 0.798. The Morgan fingerprint density at radius 3 is 2.69 bits per heavy atom. The molecule has 3 aliphatic carbocycles. The van der Waals surface area contributed by atoms with E-state index >= 15 is 0 Å². The molecule has 0 heterocycles. The van der Waals surface area contributed by atoms with E-state index in [1.807, 2.05) is 0 Å². The van der Waals surface area contributed by atoms with Crippen LogP contribution in [0.25, 0.3) is 0 Å². The number of ether oxygens (including phenoxy) is 1. The Morgan fingerprint density at radius 1 is 1.10 bits per heavy atom. The summed E-state index contributed by atoms with van der Waals surface area (Å²) >= 11 is 0. The molecule has 0 aromatic heterocycles. The maximum atomic E-state index is 13.1. The molecule has 0 saturated heterocycles. The Morgan fingerprint density at radius 2 is 1.90 bits per heavy atom. The number of aryl methyl sites for hydroxylation is 1. The third-order valence-corrected chi connectivity index (χ3v) is 7.99. The number of benzene rings is 2. The van der Waals surface area contributed by atoms with Gasteiger partial charge in [0.15, 0.2) is 0 Å². The Bertz CT molecular complexity index is 895. The monoisotopic (exact) mass is 396 g/mol. The standard InChI is InChI=1S/C25H29FO3/c1-25-11-10-20-19-9-7-18(29-14-15-2-5-17(26)6-3-15)12-16(19)4-8-21(20)22(25)13-23(27)24(25)28/h2-3,5-7,9,12,20-24,27-28H,4,8,10-11,13-14H2,1H3/t20-,21+,22-,23-,24+,25+/m1/s1. The van der Waals surface area contributed by atoms with Gasteiger partial charge >= 0.3 is 0 Å². The van der Waals surface area contributed by atoms with Gasteiger partial charge in [-0.2, -0.15) is 0 Å². The normalized spacial score (nSPS) is 35.5. The second-order valence-electron chi connectivity index (χ2n) is 9.48. The second kappa shape index (κ2) is 7.10. The number of aliphatic hydroxyl groups is 2. The highest BCUT2D eigenvalue weighted by Gasteiger charge is 2.57. The SMILES string of the molecule is C[C@]12CC[C@@H]3c4ccc(OCc5ccc(F)cc5)cc4CC[C@@H]3[C@H]1C[C@@H](O)[C@@H]2O. The van der Waals surface area contributed by atoms with Crippen LogP contribution < -0.4 is 4.74 Å². The molecule has 3 aliphatic rings. The predicted molar refractivity (Wildman–Crippen MR) is 109 cm³/mol. The van der Waals surface area contributed by atoms with Gasteiger partial charge in [-0.3, -0.25) is 0 Å². The molecule has 2 saturated carbocycles. The van der Waals surface area contributed by atoms with Crippen molar-refractivity contribution in [3.63, 3.8) is 0 Å². The van der Waals surface area contributed by atoms with Crippen LogP contribution in [-0.4, -0.2) is 22.4 Å². The van der Waals surface area contributed by atoms with Crippen molar-refractivity contribution in [3.05, 3.63) is 65.0 Å². The fraction of sp³-hybridized carbons (Fsp3) is 0.520. The molecular weight excluding hydrogens is 367 g/mol. The van der Waals surface area contributed by atoms with Crippen LogP contribution in [0.5, 0.6) is 5.75 Å². The van der Waals surface area contributed by atoms with Gasteiger partial charge in [0, 0.05) is 0 Å². The number of halogens is 1. The van der Waals surface area contributed by atoms with Gasteiger partial charge in [0.05, 0.1) is 12.2 Å². The fourth-order valence-electron chi connectivity index (χ4n) is 6.38. The van der Waals surface area contributed by atoms with Crippen molar-refractivity contribution in [2.24, 2.45) is 17.3 Å². The highest BCUT2D eigenvalue weighted by molar-refractivity contribution is 5.41. The van der Waals surface area contributed by atoms with Gasteiger partial charge in [-0.15, -0.1) is 0 Å². The van der Waals surface area contributed by atoms with E-state index in [4.69, 9.17) is 4.74 Å². The number of hydrogen-bond acceptors (Lipinski definition) is 3. The van der Waals surface area contributed by atoms with Crippen molar-refractivity contribution < 1.29 is 19.3 Å². The van der Waals surface area contributed by atoms with Gasteiger partial charge in [-0.25, -0.2) is 4.39 Å². The van der Waals surface area contributed by atoms with Crippen LogP contribution in [0.3, 0.4) is 0 Å². The van der Waals surface area contributed by atoms with E-state index in [0.717, 1.165) is 43.4 Å². The summed E-state index contributed by atoms with van der Waals surface area (Å²) in [7, 11) is 0. The molecule has 0 amide bonds. The van der Waals surface area contributed by atoms with E-state index in [1.165, 1.54) is 23.3 Å². The first kappa shape index (κ1) is 19.1. The molecule has 5 rings (SSSR count). The minimum Gasteiger partial charge on any atom is -0.489 e. The molecule has 0 unspecified atom stereocenters. The van der Waals surface area contributed by atoms with E-state index in [0.29, 0.717) is 24.4 Å². The van der Waals surface area contributed by atoms with Crippen LogP contribution in [0.1, 0.15) is 55.2 Å².